The van der Waals surface area contributed by atoms with E-state index in [1.54, 1.807) is 38.2 Å². The van der Waals surface area contributed by atoms with Crippen LogP contribution in [-0.2, 0) is 0 Å². The van der Waals surface area contributed by atoms with Crippen LogP contribution in [0.3, 0.4) is 0 Å². The summed E-state index contributed by atoms with van der Waals surface area (Å²) in [6.07, 6.45) is 0. The maximum atomic E-state index is 12.3. The maximum absolute atomic E-state index is 12.3. The van der Waals surface area contributed by atoms with Crippen LogP contribution in [0, 0.1) is 10.1 Å². The highest BCUT2D eigenvalue weighted by atomic mass is 79.9. The second-order valence-corrected chi connectivity index (χ2v) is 5.33. The van der Waals surface area contributed by atoms with Gasteiger partial charge in [0.2, 0.25) is 0 Å². The number of benzene rings is 1. The Morgan fingerprint density at radius 3 is 2.67 bits per heavy atom. The number of nitro groups is 1. The number of halogens is 1. The molecule has 1 unspecified atom stereocenters. The molecule has 0 spiro atoms. The number of furan rings is 1. The van der Waals surface area contributed by atoms with Gasteiger partial charge in [0.25, 0.3) is 11.6 Å². The van der Waals surface area contributed by atoms with E-state index in [1.165, 1.54) is 17.0 Å². The Bertz CT molecular complexity index is 683. The Hall–Kier alpha value is -2.15. The molecule has 110 valence electrons. The molecule has 0 radical (unpaired) electrons. The summed E-state index contributed by atoms with van der Waals surface area (Å²) < 4.78 is 5.71. The van der Waals surface area contributed by atoms with Gasteiger partial charge in [0.15, 0.2) is 10.4 Å². The molecule has 0 bridgehead atoms. The molecule has 0 saturated heterocycles. The van der Waals surface area contributed by atoms with Crippen molar-refractivity contribution in [1.29, 1.82) is 0 Å². The van der Waals surface area contributed by atoms with Gasteiger partial charge >= 0.3 is 0 Å². The number of amides is 1. The Labute approximate surface area is 129 Å². The van der Waals surface area contributed by atoms with E-state index >= 15 is 0 Å². The van der Waals surface area contributed by atoms with Crippen LogP contribution in [0.15, 0.2) is 45.5 Å². The normalized spacial score (nSPS) is 12.0. The fourth-order valence-corrected chi connectivity index (χ4v) is 2.21. The number of carbonyl (C=O) groups excluding carboxylic acids is 1. The Kier molecular flexibility index (Phi) is 4.42. The number of non-ortho nitro benzene ring substituents is 1. The molecule has 0 aliphatic heterocycles. The maximum Gasteiger partial charge on any atom is 0.289 e. The van der Waals surface area contributed by atoms with Gasteiger partial charge in [0, 0.05) is 19.2 Å². The van der Waals surface area contributed by atoms with E-state index in [0.29, 0.717) is 10.2 Å². The van der Waals surface area contributed by atoms with Crippen molar-refractivity contribution in [1.82, 2.24) is 4.90 Å². The predicted molar refractivity (Wildman–Crippen MR) is 80.0 cm³/mol. The van der Waals surface area contributed by atoms with Crippen molar-refractivity contribution in [2.75, 3.05) is 7.05 Å². The van der Waals surface area contributed by atoms with Crippen LogP contribution in [0.25, 0.3) is 0 Å². The third-order valence-electron chi connectivity index (χ3n) is 3.25. The second kappa shape index (κ2) is 6.09. The summed E-state index contributed by atoms with van der Waals surface area (Å²) in [6.45, 7) is 1.80. The van der Waals surface area contributed by atoms with Crippen LogP contribution in [0.2, 0.25) is 0 Å². The smallest absolute Gasteiger partial charge is 0.289 e. The van der Waals surface area contributed by atoms with Crippen molar-refractivity contribution >= 4 is 27.5 Å². The zero-order valence-corrected chi connectivity index (χ0v) is 13.0. The quantitative estimate of drug-likeness (QED) is 0.619. The minimum atomic E-state index is -0.457. The molecule has 21 heavy (non-hydrogen) atoms. The van der Waals surface area contributed by atoms with Crippen LogP contribution in [0.5, 0.6) is 0 Å². The molecule has 0 N–H and O–H groups in total. The second-order valence-electron chi connectivity index (χ2n) is 4.55. The molecule has 0 aliphatic rings. The third-order valence-corrected chi connectivity index (χ3v) is 3.67. The van der Waals surface area contributed by atoms with E-state index in [0.717, 1.165) is 0 Å². The highest BCUT2D eigenvalue weighted by molar-refractivity contribution is 9.10. The predicted octanol–water partition coefficient (Wildman–Crippen LogP) is 3.78. The van der Waals surface area contributed by atoms with Crippen molar-refractivity contribution in [3.8, 4) is 0 Å². The number of nitro benzene ring substituents is 1. The molecule has 6 nitrogen and oxygen atoms in total. The van der Waals surface area contributed by atoms with Crippen molar-refractivity contribution < 1.29 is 14.1 Å². The van der Waals surface area contributed by atoms with Gasteiger partial charge in [-0.25, -0.2) is 0 Å². The van der Waals surface area contributed by atoms with E-state index in [1.807, 2.05) is 0 Å². The SMILES string of the molecule is CC(c1cccc([N+](=O)[O-])c1)N(C)C(=O)c1ccc(Br)o1. The summed E-state index contributed by atoms with van der Waals surface area (Å²) >= 11 is 3.14. The molecule has 1 amide bonds. The van der Waals surface area contributed by atoms with Crippen molar-refractivity contribution in [2.24, 2.45) is 0 Å². The first-order chi connectivity index (χ1) is 9.90. The summed E-state index contributed by atoms with van der Waals surface area (Å²) in [5.74, 6) is -0.0821. The zero-order valence-electron chi connectivity index (χ0n) is 11.4. The molecule has 1 aromatic heterocycles. The summed E-state index contributed by atoms with van der Waals surface area (Å²) in [5.41, 5.74) is 0.687. The summed E-state index contributed by atoms with van der Waals surface area (Å²) in [6, 6.07) is 9.13. The average molecular weight is 353 g/mol. The average Bonchev–Trinajstić information content (AvgIpc) is 2.91. The highest BCUT2D eigenvalue weighted by Crippen LogP contribution is 2.25. The summed E-state index contributed by atoms with van der Waals surface area (Å²) in [5, 5.41) is 10.8. The minimum absolute atomic E-state index is 0.000872. The van der Waals surface area contributed by atoms with E-state index in [9.17, 15) is 14.9 Å². The highest BCUT2D eigenvalue weighted by Gasteiger charge is 2.22. The molecule has 0 fully saturated rings. The summed E-state index contributed by atoms with van der Waals surface area (Å²) in [4.78, 5) is 24.1. The molecule has 0 aliphatic carbocycles. The molecule has 0 saturated carbocycles. The van der Waals surface area contributed by atoms with Gasteiger partial charge in [0.05, 0.1) is 11.0 Å². The lowest BCUT2D eigenvalue weighted by Crippen LogP contribution is -2.29. The monoisotopic (exact) mass is 352 g/mol. The van der Waals surface area contributed by atoms with E-state index in [-0.39, 0.29) is 23.4 Å². The largest absolute Gasteiger partial charge is 0.444 e. The van der Waals surface area contributed by atoms with Gasteiger partial charge in [-0.05, 0) is 40.5 Å². The molecule has 1 atom stereocenters. The minimum Gasteiger partial charge on any atom is -0.444 e. The van der Waals surface area contributed by atoms with E-state index in [4.69, 9.17) is 4.42 Å². The molecule has 1 aromatic carbocycles. The Morgan fingerprint density at radius 2 is 2.10 bits per heavy atom. The number of rotatable bonds is 4. The van der Waals surface area contributed by atoms with Gasteiger partial charge < -0.3 is 9.32 Å². The van der Waals surface area contributed by atoms with Crippen molar-refractivity contribution in [3.63, 3.8) is 0 Å². The zero-order chi connectivity index (χ0) is 15.6. The molecular formula is C14H13BrN2O4. The van der Waals surface area contributed by atoms with Crippen LogP contribution in [0.4, 0.5) is 5.69 Å². The lowest BCUT2D eigenvalue weighted by atomic mass is 10.1. The van der Waals surface area contributed by atoms with Gasteiger partial charge in [-0.1, -0.05) is 12.1 Å². The fourth-order valence-electron chi connectivity index (χ4n) is 1.90. The van der Waals surface area contributed by atoms with E-state index < -0.39 is 4.92 Å². The van der Waals surface area contributed by atoms with Gasteiger partial charge in [-0.15, -0.1) is 0 Å². The topological polar surface area (TPSA) is 76.6 Å². The molecule has 2 rings (SSSR count). The Morgan fingerprint density at radius 1 is 1.38 bits per heavy atom. The van der Waals surface area contributed by atoms with Crippen LogP contribution >= 0.6 is 15.9 Å². The first-order valence-electron chi connectivity index (χ1n) is 6.17. The molecular weight excluding hydrogens is 340 g/mol. The molecule has 1 heterocycles. The van der Waals surface area contributed by atoms with Gasteiger partial charge in [-0.2, -0.15) is 0 Å². The number of carbonyl (C=O) groups is 1. The summed E-state index contributed by atoms with van der Waals surface area (Å²) in [7, 11) is 1.63. The van der Waals surface area contributed by atoms with Crippen LogP contribution in [-0.4, -0.2) is 22.8 Å². The van der Waals surface area contributed by atoms with Crippen molar-refractivity contribution in [2.45, 2.75) is 13.0 Å². The van der Waals surface area contributed by atoms with Crippen LogP contribution < -0.4 is 0 Å². The van der Waals surface area contributed by atoms with Crippen LogP contribution in [0.1, 0.15) is 29.1 Å². The lowest BCUT2D eigenvalue weighted by Gasteiger charge is -2.24. The first kappa shape index (κ1) is 15.2. The number of nitrogens with zero attached hydrogens (tertiary/aromatic N) is 2. The fraction of sp³-hybridized carbons (Fsp3) is 0.214. The van der Waals surface area contributed by atoms with Gasteiger partial charge in [-0.3, -0.25) is 14.9 Å². The Balaban J connectivity index is 2.22. The first-order valence-corrected chi connectivity index (χ1v) is 6.96. The third kappa shape index (κ3) is 3.30. The van der Waals surface area contributed by atoms with E-state index in [2.05, 4.69) is 15.9 Å². The molecule has 7 heteroatoms. The molecule has 2 aromatic rings. The van der Waals surface area contributed by atoms with Gasteiger partial charge in [0.1, 0.15) is 0 Å². The number of hydrogen-bond donors (Lipinski definition) is 0. The standard InChI is InChI=1S/C14H13BrN2O4/c1-9(10-4-3-5-11(8-10)17(19)20)16(2)14(18)12-6-7-13(15)21-12/h3-9H,1-2H3. The van der Waals surface area contributed by atoms with Crippen molar-refractivity contribution in [3.05, 3.63) is 62.5 Å². The lowest BCUT2D eigenvalue weighted by molar-refractivity contribution is -0.384. The number of hydrogen-bond acceptors (Lipinski definition) is 4.